The largest absolute Gasteiger partial charge is 0.405 e. The number of fused-ring (bicyclic) bond motifs is 2. The molecule has 0 radical (unpaired) electrons. The molecule has 2 aliphatic carbocycles. The molecule has 0 saturated heterocycles. The van der Waals surface area contributed by atoms with Crippen LogP contribution in [0.2, 0.25) is 0 Å². The van der Waals surface area contributed by atoms with Gasteiger partial charge in [-0.2, -0.15) is 13.2 Å². The van der Waals surface area contributed by atoms with Crippen LogP contribution in [-0.4, -0.2) is 25.3 Å². The van der Waals surface area contributed by atoms with E-state index in [9.17, 15) is 18.0 Å². The van der Waals surface area contributed by atoms with Gasteiger partial charge in [0.05, 0.1) is 0 Å². The second-order valence-electron chi connectivity index (χ2n) is 5.11. The Kier molecular flexibility index (Phi) is 3.49. The monoisotopic (exact) mass is 250 g/mol. The van der Waals surface area contributed by atoms with E-state index in [2.05, 4.69) is 5.32 Å². The van der Waals surface area contributed by atoms with E-state index in [1.165, 1.54) is 19.3 Å². The number of amides is 2. The maximum absolute atomic E-state index is 11.8. The van der Waals surface area contributed by atoms with E-state index in [-0.39, 0.29) is 0 Å². The van der Waals surface area contributed by atoms with E-state index >= 15 is 0 Å². The van der Waals surface area contributed by atoms with E-state index in [1.54, 1.807) is 0 Å². The van der Waals surface area contributed by atoms with Crippen molar-refractivity contribution in [2.45, 2.75) is 31.9 Å². The molecule has 0 aromatic rings. The molecule has 0 aromatic heterocycles. The van der Waals surface area contributed by atoms with Crippen LogP contribution in [0, 0.1) is 17.8 Å². The summed E-state index contributed by atoms with van der Waals surface area (Å²) in [6, 6.07) is -0.718. The van der Waals surface area contributed by atoms with Crippen molar-refractivity contribution in [2.75, 3.05) is 13.1 Å². The van der Waals surface area contributed by atoms with E-state index in [1.807, 2.05) is 5.32 Å². The average Bonchev–Trinajstić information content (AvgIpc) is 2.84. The molecule has 98 valence electrons. The Hall–Kier alpha value is -0.940. The molecule has 0 aliphatic heterocycles. The highest BCUT2D eigenvalue weighted by molar-refractivity contribution is 5.73. The summed E-state index contributed by atoms with van der Waals surface area (Å²) in [7, 11) is 0. The van der Waals surface area contributed by atoms with E-state index in [0.717, 1.165) is 12.3 Å². The highest BCUT2D eigenvalue weighted by Crippen LogP contribution is 2.47. The topological polar surface area (TPSA) is 41.1 Å². The fraction of sp³-hybridized carbons (Fsp3) is 0.909. The van der Waals surface area contributed by atoms with Gasteiger partial charge in [-0.25, -0.2) is 4.79 Å². The fourth-order valence-corrected chi connectivity index (χ4v) is 3.09. The van der Waals surface area contributed by atoms with Crippen molar-refractivity contribution in [1.29, 1.82) is 0 Å². The predicted octanol–water partition coefficient (Wildman–Crippen LogP) is 2.28. The summed E-state index contributed by atoms with van der Waals surface area (Å²) in [5.74, 6) is 1.92. The predicted molar refractivity (Wildman–Crippen MR) is 56.4 cm³/mol. The molecule has 2 aliphatic rings. The lowest BCUT2D eigenvalue weighted by atomic mass is 9.89. The first-order chi connectivity index (χ1) is 7.94. The number of rotatable bonds is 3. The number of urea groups is 1. The summed E-state index contributed by atoms with van der Waals surface area (Å²) in [6.45, 7) is -0.763. The van der Waals surface area contributed by atoms with Crippen LogP contribution in [0.25, 0.3) is 0 Å². The van der Waals surface area contributed by atoms with Crippen molar-refractivity contribution in [1.82, 2.24) is 10.6 Å². The molecule has 0 heterocycles. The Morgan fingerprint density at radius 1 is 1.18 bits per heavy atom. The molecule has 2 N–H and O–H groups in total. The van der Waals surface area contributed by atoms with E-state index in [0.29, 0.717) is 18.4 Å². The summed E-state index contributed by atoms with van der Waals surface area (Å²) in [4.78, 5) is 11.1. The van der Waals surface area contributed by atoms with Crippen molar-refractivity contribution >= 4 is 6.03 Å². The standard InChI is InChI=1S/C11H17F3N2O/c12-11(13,14)6-16-10(17)15-5-9-4-7-1-2-8(9)3-7/h7-9H,1-6H2,(H2,15,16,17). The molecule has 2 fully saturated rings. The molecule has 3 nitrogen and oxygen atoms in total. The number of carbonyl (C=O) groups is 1. The van der Waals surface area contributed by atoms with Gasteiger partial charge in [0.2, 0.25) is 0 Å². The van der Waals surface area contributed by atoms with Crippen LogP contribution >= 0.6 is 0 Å². The van der Waals surface area contributed by atoms with E-state index in [4.69, 9.17) is 0 Å². The highest BCUT2D eigenvalue weighted by atomic mass is 19.4. The smallest absolute Gasteiger partial charge is 0.338 e. The van der Waals surface area contributed by atoms with Crippen molar-refractivity contribution in [3.8, 4) is 0 Å². The lowest BCUT2D eigenvalue weighted by Gasteiger charge is -2.21. The third-order valence-electron chi connectivity index (χ3n) is 3.86. The van der Waals surface area contributed by atoms with Gasteiger partial charge >= 0.3 is 12.2 Å². The molecule has 6 heteroatoms. The first-order valence-corrected chi connectivity index (χ1v) is 6.02. The first-order valence-electron chi connectivity index (χ1n) is 6.02. The van der Waals surface area contributed by atoms with Crippen molar-refractivity contribution in [3.63, 3.8) is 0 Å². The minimum Gasteiger partial charge on any atom is -0.338 e. The molecule has 2 amide bonds. The maximum Gasteiger partial charge on any atom is 0.405 e. The molecule has 0 aromatic carbocycles. The Balaban J connectivity index is 1.63. The van der Waals surface area contributed by atoms with Crippen LogP contribution < -0.4 is 10.6 Å². The Morgan fingerprint density at radius 3 is 2.47 bits per heavy atom. The summed E-state index contributed by atoms with van der Waals surface area (Å²) in [5, 5.41) is 4.35. The number of alkyl halides is 3. The highest BCUT2D eigenvalue weighted by Gasteiger charge is 2.39. The van der Waals surface area contributed by atoms with Crippen LogP contribution in [0.15, 0.2) is 0 Å². The molecule has 3 unspecified atom stereocenters. The van der Waals surface area contributed by atoms with Crippen molar-refractivity contribution in [3.05, 3.63) is 0 Å². The van der Waals surface area contributed by atoms with Crippen molar-refractivity contribution < 1.29 is 18.0 Å². The van der Waals surface area contributed by atoms with Crippen LogP contribution in [0.5, 0.6) is 0 Å². The molecule has 3 atom stereocenters. The van der Waals surface area contributed by atoms with E-state index < -0.39 is 18.8 Å². The maximum atomic E-state index is 11.8. The third kappa shape index (κ3) is 3.51. The minimum absolute atomic E-state index is 0.463. The second-order valence-corrected chi connectivity index (χ2v) is 5.11. The van der Waals surface area contributed by atoms with Gasteiger partial charge in [-0.3, -0.25) is 0 Å². The van der Waals surface area contributed by atoms with Crippen LogP contribution in [-0.2, 0) is 0 Å². The second kappa shape index (κ2) is 4.74. The summed E-state index contributed by atoms with van der Waals surface area (Å²) < 4.78 is 35.5. The van der Waals surface area contributed by atoms with Gasteiger partial charge in [-0.15, -0.1) is 0 Å². The number of nitrogens with one attached hydrogen (secondary N) is 2. The zero-order valence-corrected chi connectivity index (χ0v) is 9.52. The van der Waals surface area contributed by atoms with Crippen LogP contribution in [0.3, 0.4) is 0 Å². The lowest BCUT2D eigenvalue weighted by Crippen LogP contribution is -2.43. The summed E-state index contributed by atoms with van der Waals surface area (Å²) >= 11 is 0. The Labute approximate surface area is 98.1 Å². The average molecular weight is 250 g/mol. The van der Waals surface area contributed by atoms with Gasteiger partial charge in [0.15, 0.2) is 0 Å². The number of hydrogen-bond acceptors (Lipinski definition) is 1. The Morgan fingerprint density at radius 2 is 1.94 bits per heavy atom. The zero-order chi connectivity index (χ0) is 12.5. The minimum atomic E-state index is -4.34. The molecular formula is C11H17F3N2O. The molecular weight excluding hydrogens is 233 g/mol. The molecule has 2 rings (SSSR count). The van der Waals surface area contributed by atoms with Gasteiger partial charge in [0.1, 0.15) is 6.54 Å². The lowest BCUT2D eigenvalue weighted by molar-refractivity contribution is -0.122. The van der Waals surface area contributed by atoms with Gasteiger partial charge in [0.25, 0.3) is 0 Å². The molecule has 17 heavy (non-hydrogen) atoms. The SMILES string of the molecule is O=C(NCC1CC2CCC1C2)NCC(F)(F)F. The number of hydrogen-bond donors (Lipinski definition) is 2. The molecule has 2 bridgehead atoms. The number of halogens is 3. The quantitative estimate of drug-likeness (QED) is 0.792. The first kappa shape index (κ1) is 12.5. The van der Waals surface area contributed by atoms with Crippen LogP contribution in [0.1, 0.15) is 25.7 Å². The van der Waals surface area contributed by atoms with Gasteiger partial charge in [0, 0.05) is 6.54 Å². The summed E-state index contributed by atoms with van der Waals surface area (Å²) in [6.07, 6.45) is 0.493. The molecule has 2 saturated carbocycles. The Bertz CT molecular complexity index is 293. The normalized spacial score (nSPS) is 31.6. The fourth-order valence-electron chi connectivity index (χ4n) is 3.09. The van der Waals surface area contributed by atoms with Gasteiger partial charge in [-0.05, 0) is 37.0 Å². The van der Waals surface area contributed by atoms with Gasteiger partial charge < -0.3 is 10.6 Å². The molecule has 0 spiro atoms. The zero-order valence-electron chi connectivity index (χ0n) is 9.52. The summed E-state index contributed by atoms with van der Waals surface area (Å²) in [5.41, 5.74) is 0. The number of carbonyl (C=O) groups excluding carboxylic acids is 1. The van der Waals surface area contributed by atoms with Gasteiger partial charge in [-0.1, -0.05) is 6.42 Å². The third-order valence-corrected chi connectivity index (χ3v) is 3.86. The van der Waals surface area contributed by atoms with Crippen molar-refractivity contribution in [2.24, 2.45) is 17.8 Å². The van der Waals surface area contributed by atoms with Crippen LogP contribution in [0.4, 0.5) is 18.0 Å².